The van der Waals surface area contributed by atoms with Gasteiger partial charge in [-0.25, -0.2) is 0 Å². The van der Waals surface area contributed by atoms with Gasteiger partial charge in [-0.1, -0.05) is 48.9 Å². The quantitative estimate of drug-likeness (QED) is 0.510. The minimum Gasteiger partial charge on any atom is -0.347 e. The van der Waals surface area contributed by atoms with E-state index in [1.165, 1.54) is 10.9 Å². The van der Waals surface area contributed by atoms with Crippen LogP contribution in [0, 0.1) is 0 Å². The molecule has 3 nitrogen and oxygen atoms in total. The third-order valence-electron chi connectivity index (χ3n) is 3.78. The van der Waals surface area contributed by atoms with Gasteiger partial charge in [0, 0.05) is 34.2 Å². The summed E-state index contributed by atoms with van der Waals surface area (Å²) in [5, 5.41) is 6.35. The maximum atomic E-state index is 5.88. The van der Waals surface area contributed by atoms with Crippen molar-refractivity contribution in [3.05, 3.63) is 70.9 Å². The van der Waals surface area contributed by atoms with E-state index in [0.717, 1.165) is 29.1 Å². The highest BCUT2D eigenvalue weighted by molar-refractivity contribution is 6.30. The van der Waals surface area contributed by atoms with Crippen molar-refractivity contribution in [2.24, 2.45) is 5.10 Å². The fourth-order valence-corrected chi connectivity index (χ4v) is 2.78. The summed E-state index contributed by atoms with van der Waals surface area (Å²) in [6.45, 7) is 3.89. The number of fused-ring (bicyclic) bond motifs is 1. The number of nitrogens with one attached hydrogen (secondary N) is 1. The lowest BCUT2D eigenvalue weighted by molar-refractivity contribution is 0.703. The molecule has 2 aromatic carbocycles. The fourth-order valence-electron chi connectivity index (χ4n) is 2.66. The van der Waals surface area contributed by atoms with Crippen LogP contribution in [-0.4, -0.2) is 10.8 Å². The van der Waals surface area contributed by atoms with Gasteiger partial charge in [0.2, 0.25) is 0 Å². The topological polar surface area (TPSA) is 29.3 Å². The number of benzene rings is 2. The van der Waals surface area contributed by atoms with Gasteiger partial charge in [0.15, 0.2) is 0 Å². The van der Waals surface area contributed by atoms with Crippen LogP contribution in [0.5, 0.6) is 0 Å². The summed E-state index contributed by atoms with van der Waals surface area (Å²) in [5.74, 6) is 0. The van der Waals surface area contributed by atoms with E-state index >= 15 is 0 Å². The van der Waals surface area contributed by atoms with Crippen LogP contribution in [0.3, 0.4) is 0 Å². The molecule has 3 aromatic rings. The molecule has 4 heteroatoms. The van der Waals surface area contributed by atoms with Crippen molar-refractivity contribution in [3.63, 3.8) is 0 Å². The average Bonchev–Trinajstić information content (AvgIpc) is 2.92. The molecule has 1 N–H and O–H groups in total. The predicted molar refractivity (Wildman–Crippen MR) is 98.1 cm³/mol. The highest BCUT2D eigenvalue weighted by Crippen LogP contribution is 2.20. The molecule has 0 aliphatic rings. The lowest BCUT2D eigenvalue weighted by Crippen LogP contribution is -2.05. The van der Waals surface area contributed by atoms with Gasteiger partial charge >= 0.3 is 0 Å². The van der Waals surface area contributed by atoms with Crippen LogP contribution in [0.4, 0.5) is 0 Å². The van der Waals surface area contributed by atoms with Crippen molar-refractivity contribution < 1.29 is 0 Å². The van der Waals surface area contributed by atoms with Crippen molar-refractivity contribution >= 4 is 28.7 Å². The van der Waals surface area contributed by atoms with Gasteiger partial charge in [-0.3, -0.25) is 0 Å². The second-order valence-electron chi connectivity index (χ2n) is 5.51. The SMILES string of the molecule is CCCn1cc(/C=N\NCc2ccc(Cl)cc2)c2ccccc21. The zero-order valence-corrected chi connectivity index (χ0v) is 13.9. The fraction of sp³-hybridized carbons (Fsp3) is 0.211. The van der Waals surface area contributed by atoms with E-state index in [2.05, 4.69) is 52.5 Å². The number of halogens is 1. The number of rotatable bonds is 6. The molecule has 0 saturated carbocycles. The molecule has 0 unspecified atom stereocenters. The molecule has 0 bridgehead atoms. The first-order valence-electron chi connectivity index (χ1n) is 7.86. The molecular weight excluding hydrogens is 306 g/mol. The Kier molecular flexibility index (Phi) is 4.99. The molecule has 118 valence electrons. The van der Waals surface area contributed by atoms with Crippen molar-refractivity contribution in [2.45, 2.75) is 26.4 Å². The van der Waals surface area contributed by atoms with Crippen LogP contribution in [-0.2, 0) is 13.1 Å². The zero-order chi connectivity index (χ0) is 16.1. The normalized spacial score (nSPS) is 11.4. The number of para-hydroxylation sites is 1. The summed E-state index contributed by atoms with van der Waals surface area (Å²) >= 11 is 5.88. The highest BCUT2D eigenvalue weighted by atomic mass is 35.5. The van der Waals surface area contributed by atoms with E-state index in [1.54, 1.807) is 0 Å². The number of nitrogens with zero attached hydrogens (tertiary/aromatic N) is 2. The summed E-state index contributed by atoms with van der Waals surface area (Å²) in [6.07, 6.45) is 5.18. The zero-order valence-electron chi connectivity index (χ0n) is 13.2. The van der Waals surface area contributed by atoms with E-state index in [1.807, 2.05) is 30.5 Å². The number of hydrazone groups is 1. The smallest absolute Gasteiger partial charge is 0.0580 e. The summed E-state index contributed by atoms with van der Waals surface area (Å²) < 4.78 is 2.29. The Hall–Kier alpha value is -2.26. The minimum atomic E-state index is 0.682. The lowest BCUT2D eigenvalue weighted by Gasteiger charge is -2.01. The summed E-state index contributed by atoms with van der Waals surface area (Å²) in [5.41, 5.74) is 6.64. The second kappa shape index (κ2) is 7.34. The van der Waals surface area contributed by atoms with Crippen LogP contribution < -0.4 is 5.43 Å². The average molecular weight is 326 g/mol. The van der Waals surface area contributed by atoms with Crippen LogP contribution in [0.15, 0.2) is 59.8 Å². The third-order valence-corrected chi connectivity index (χ3v) is 4.03. The largest absolute Gasteiger partial charge is 0.347 e. The molecule has 1 heterocycles. The van der Waals surface area contributed by atoms with Crippen LogP contribution >= 0.6 is 11.6 Å². The van der Waals surface area contributed by atoms with E-state index in [4.69, 9.17) is 11.6 Å². The molecule has 23 heavy (non-hydrogen) atoms. The molecule has 0 radical (unpaired) electrons. The van der Waals surface area contributed by atoms with Crippen LogP contribution in [0.25, 0.3) is 10.9 Å². The predicted octanol–water partition coefficient (Wildman–Crippen LogP) is 4.83. The summed E-state index contributed by atoms with van der Waals surface area (Å²) in [6, 6.07) is 16.2. The third kappa shape index (κ3) is 3.74. The first-order valence-corrected chi connectivity index (χ1v) is 8.24. The van der Waals surface area contributed by atoms with Crippen molar-refractivity contribution in [1.29, 1.82) is 0 Å². The number of aryl methyl sites for hydroxylation is 1. The molecular formula is C19H20ClN3. The van der Waals surface area contributed by atoms with E-state index in [-0.39, 0.29) is 0 Å². The maximum Gasteiger partial charge on any atom is 0.0580 e. The summed E-state index contributed by atoms with van der Waals surface area (Å²) in [4.78, 5) is 0. The Labute approximate surface area is 141 Å². The molecule has 0 atom stereocenters. The number of hydrogen-bond acceptors (Lipinski definition) is 2. The van der Waals surface area contributed by atoms with Crippen molar-refractivity contribution in [3.8, 4) is 0 Å². The Morgan fingerprint density at radius 2 is 1.91 bits per heavy atom. The van der Waals surface area contributed by atoms with E-state index in [9.17, 15) is 0 Å². The Morgan fingerprint density at radius 3 is 2.70 bits per heavy atom. The highest BCUT2D eigenvalue weighted by Gasteiger charge is 2.05. The van der Waals surface area contributed by atoms with Gasteiger partial charge in [0.1, 0.15) is 0 Å². The monoisotopic (exact) mass is 325 g/mol. The van der Waals surface area contributed by atoms with Crippen LogP contribution in [0.1, 0.15) is 24.5 Å². The molecule has 0 saturated heterocycles. The number of aromatic nitrogens is 1. The first kappa shape index (κ1) is 15.6. The summed E-state index contributed by atoms with van der Waals surface area (Å²) in [7, 11) is 0. The Balaban J connectivity index is 1.72. The number of hydrogen-bond donors (Lipinski definition) is 1. The standard InChI is InChI=1S/C19H20ClN3/c1-2-11-23-14-16(18-5-3-4-6-19(18)23)13-22-21-12-15-7-9-17(20)10-8-15/h3-10,13-14,21H,2,11-12H2,1H3/b22-13-. The molecule has 0 spiro atoms. The first-order chi connectivity index (χ1) is 11.3. The van der Waals surface area contributed by atoms with E-state index in [0.29, 0.717) is 6.54 Å². The molecule has 1 aromatic heterocycles. The molecule has 3 rings (SSSR count). The van der Waals surface area contributed by atoms with Gasteiger partial charge in [-0.15, -0.1) is 0 Å². The van der Waals surface area contributed by atoms with Crippen molar-refractivity contribution in [2.75, 3.05) is 0 Å². The molecule has 0 aliphatic heterocycles. The molecule has 0 amide bonds. The Bertz CT molecular complexity index is 803. The van der Waals surface area contributed by atoms with Gasteiger partial charge in [0.05, 0.1) is 12.8 Å². The van der Waals surface area contributed by atoms with E-state index < -0.39 is 0 Å². The molecule has 0 aliphatic carbocycles. The second-order valence-corrected chi connectivity index (χ2v) is 5.95. The van der Waals surface area contributed by atoms with Gasteiger partial charge < -0.3 is 9.99 Å². The lowest BCUT2D eigenvalue weighted by atomic mass is 10.2. The molecule has 0 fully saturated rings. The van der Waals surface area contributed by atoms with Gasteiger partial charge in [-0.2, -0.15) is 5.10 Å². The Morgan fingerprint density at radius 1 is 1.13 bits per heavy atom. The minimum absolute atomic E-state index is 0.682. The van der Waals surface area contributed by atoms with Gasteiger partial charge in [-0.05, 0) is 30.2 Å². The maximum absolute atomic E-state index is 5.88. The van der Waals surface area contributed by atoms with Crippen LogP contribution in [0.2, 0.25) is 5.02 Å². The van der Waals surface area contributed by atoms with Gasteiger partial charge in [0.25, 0.3) is 0 Å². The van der Waals surface area contributed by atoms with Crippen molar-refractivity contribution in [1.82, 2.24) is 9.99 Å².